The highest BCUT2D eigenvalue weighted by Gasteiger charge is 2.40. The zero-order chi connectivity index (χ0) is 26.5. The molecule has 0 spiro atoms. The molecule has 0 aromatic heterocycles. The molecule has 1 N–H and O–H groups in total. The van der Waals surface area contributed by atoms with E-state index in [2.05, 4.69) is 83.7 Å². The summed E-state index contributed by atoms with van der Waals surface area (Å²) in [5.41, 5.74) is 1.94. The van der Waals surface area contributed by atoms with Crippen molar-refractivity contribution in [2.75, 3.05) is 0 Å². The Morgan fingerprint density at radius 1 is 0.735 bits per heavy atom. The average molecular weight is 609 g/mol. The van der Waals surface area contributed by atoms with Crippen molar-refractivity contribution < 1.29 is 14.0 Å². The first kappa shape index (κ1) is 31.5. The summed E-state index contributed by atoms with van der Waals surface area (Å²) in [6, 6.07) is 11.2. The number of hydrogen-bond donors (Lipinski definition) is 1. The molecule has 0 bridgehead atoms. The predicted molar refractivity (Wildman–Crippen MR) is 157 cm³/mol. The second-order valence-electron chi connectivity index (χ2n) is 11.5. The molecule has 3 nitrogen and oxygen atoms in total. The molecule has 0 saturated carbocycles. The Kier molecular flexibility index (Phi) is 11.3. The summed E-state index contributed by atoms with van der Waals surface area (Å²) in [5.74, 6) is 1.63. The van der Waals surface area contributed by atoms with E-state index in [0.29, 0.717) is 10.8 Å². The number of halogens is 3. The van der Waals surface area contributed by atoms with Crippen LogP contribution in [0.15, 0.2) is 36.4 Å². The molecule has 192 valence electrons. The first-order valence-corrected chi connectivity index (χ1v) is 19.2. The van der Waals surface area contributed by atoms with Crippen LogP contribution in [0.3, 0.4) is 0 Å². The minimum absolute atomic E-state index is 0.0267. The fourth-order valence-electron chi connectivity index (χ4n) is 2.34. The number of rotatable bonds is 6. The van der Waals surface area contributed by atoms with E-state index in [1.54, 1.807) is 12.1 Å². The SMILES string of the molecule is CC(C)(C)[Si](C)(C)Oc1cc(Cl)ccc1CBr.CC(C)(C)[Si](C)(C)Oc1cc(Cl)ccc1CO. The van der Waals surface area contributed by atoms with Gasteiger partial charge in [0.1, 0.15) is 11.5 Å². The molecule has 8 heteroatoms. The van der Waals surface area contributed by atoms with Gasteiger partial charge < -0.3 is 14.0 Å². The van der Waals surface area contributed by atoms with Gasteiger partial charge in [-0.25, -0.2) is 0 Å². The molecular formula is C26H41BrCl2O3Si2. The Balaban J connectivity index is 0.000000340. The lowest BCUT2D eigenvalue weighted by Crippen LogP contribution is -2.44. The van der Waals surface area contributed by atoms with E-state index in [1.165, 1.54) is 0 Å². The third kappa shape index (κ3) is 8.86. The lowest BCUT2D eigenvalue weighted by atomic mass is 10.2. The van der Waals surface area contributed by atoms with Crippen molar-refractivity contribution in [2.24, 2.45) is 0 Å². The first-order chi connectivity index (χ1) is 15.3. The van der Waals surface area contributed by atoms with Crippen LogP contribution in [0.1, 0.15) is 52.7 Å². The van der Waals surface area contributed by atoms with E-state index < -0.39 is 16.6 Å². The summed E-state index contributed by atoms with van der Waals surface area (Å²) in [5, 5.41) is 11.8. The highest BCUT2D eigenvalue weighted by atomic mass is 79.9. The van der Waals surface area contributed by atoms with Gasteiger partial charge in [0.2, 0.25) is 16.6 Å². The lowest BCUT2D eigenvalue weighted by molar-refractivity contribution is 0.277. The van der Waals surface area contributed by atoms with Crippen molar-refractivity contribution in [3.63, 3.8) is 0 Å². The van der Waals surface area contributed by atoms with Gasteiger partial charge in [0.15, 0.2) is 0 Å². The Morgan fingerprint density at radius 2 is 1.09 bits per heavy atom. The summed E-state index contributed by atoms with van der Waals surface area (Å²) in [6.07, 6.45) is 0. The Bertz CT molecular complexity index is 875. The number of benzene rings is 2. The van der Waals surface area contributed by atoms with E-state index in [9.17, 15) is 5.11 Å². The molecule has 0 fully saturated rings. The highest BCUT2D eigenvalue weighted by Crippen LogP contribution is 2.40. The average Bonchev–Trinajstić information content (AvgIpc) is 2.66. The normalized spacial score (nSPS) is 12.6. The number of aliphatic hydroxyl groups excluding tert-OH is 1. The van der Waals surface area contributed by atoms with Crippen LogP contribution in [0.2, 0.25) is 46.3 Å². The van der Waals surface area contributed by atoms with E-state index in [0.717, 1.165) is 27.2 Å². The van der Waals surface area contributed by atoms with Crippen LogP contribution in [-0.4, -0.2) is 21.7 Å². The van der Waals surface area contributed by atoms with E-state index in [4.69, 9.17) is 32.1 Å². The van der Waals surface area contributed by atoms with Crippen LogP contribution in [-0.2, 0) is 11.9 Å². The van der Waals surface area contributed by atoms with Gasteiger partial charge in [-0.05, 0) is 60.5 Å². The Morgan fingerprint density at radius 3 is 1.41 bits per heavy atom. The standard InChI is InChI=1S/C13H20BrClOSi.C13H21ClO2Si/c1-13(2,3)17(4,5)16-12-8-11(15)7-6-10(12)9-14;1-13(2,3)17(4,5)16-12-8-11(14)7-6-10(12)9-15/h6-8H,9H2,1-5H3;6-8,15H,9H2,1-5H3. The molecule has 0 saturated heterocycles. The molecule has 0 radical (unpaired) electrons. The van der Waals surface area contributed by atoms with Crippen LogP contribution >= 0.6 is 39.1 Å². The quantitative estimate of drug-likeness (QED) is 0.262. The molecule has 2 aromatic rings. The smallest absolute Gasteiger partial charge is 0.250 e. The van der Waals surface area contributed by atoms with Crippen LogP contribution in [0.5, 0.6) is 11.5 Å². The topological polar surface area (TPSA) is 38.7 Å². The molecule has 0 heterocycles. The molecule has 0 amide bonds. The fourth-order valence-corrected chi connectivity index (χ4v) is 5.22. The Labute approximate surface area is 227 Å². The second-order valence-corrected chi connectivity index (χ2v) is 22.4. The third-order valence-corrected chi connectivity index (χ3v) is 16.5. The number of aliphatic hydroxyl groups is 1. The number of alkyl halides is 1. The van der Waals surface area contributed by atoms with Gasteiger partial charge in [-0.2, -0.15) is 0 Å². The monoisotopic (exact) mass is 606 g/mol. The van der Waals surface area contributed by atoms with Crippen LogP contribution in [0.25, 0.3) is 0 Å². The summed E-state index contributed by atoms with van der Waals surface area (Å²) in [7, 11) is -3.68. The maximum atomic E-state index is 9.30. The zero-order valence-electron chi connectivity index (χ0n) is 22.3. The summed E-state index contributed by atoms with van der Waals surface area (Å²) in [6.45, 7) is 22.1. The summed E-state index contributed by atoms with van der Waals surface area (Å²) in [4.78, 5) is 0. The minimum atomic E-state index is -1.89. The summed E-state index contributed by atoms with van der Waals surface area (Å²) >= 11 is 15.5. The van der Waals surface area contributed by atoms with Crippen molar-refractivity contribution in [3.8, 4) is 11.5 Å². The minimum Gasteiger partial charge on any atom is -0.543 e. The maximum Gasteiger partial charge on any atom is 0.250 e. The van der Waals surface area contributed by atoms with Crippen molar-refractivity contribution in [2.45, 2.75) is 89.7 Å². The van der Waals surface area contributed by atoms with Crippen molar-refractivity contribution in [3.05, 3.63) is 57.6 Å². The third-order valence-electron chi connectivity index (χ3n) is 6.72. The zero-order valence-corrected chi connectivity index (χ0v) is 27.4. The summed E-state index contributed by atoms with van der Waals surface area (Å²) < 4.78 is 12.5. The van der Waals surface area contributed by atoms with Gasteiger partial charge in [-0.1, -0.05) is 92.8 Å². The van der Waals surface area contributed by atoms with Gasteiger partial charge in [-0.15, -0.1) is 0 Å². The van der Waals surface area contributed by atoms with Gasteiger partial charge in [0.25, 0.3) is 0 Å². The van der Waals surface area contributed by atoms with Gasteiger partial charge in [0, 0.05) is 26.5 Å². The van der Waals surface area contributed by atoms with Crippen LogP contribution in [0, 0.1) is 0 Å². The first-order valence-electron chi connectivity index (χ1n) is 11.5. The van der Waals surface area contributed by atoms with E-state index in [1.807, 2.05) is 24.3 Å². The van der Waals surface area contributed by atoms with E-state index in [-0.39, 0.29) is 16.7 Å². The lowest BCUT2D eigenvalue weighted by Gasteiger charge is -2.37. The van der Waals surface area contributed by atoms with Crippen molar-refractivity contribution in [1.29, 1.82) is 0 Å². The molecule has 0 aliphatic heterocycles. The molecular weight excluding hydrogens is 567 g/mol. The van der Waals surface area contributed by atoms with Gasteiger partial charge >= 0.3 is 0 Å². The number of hydrogen-bond acceptors (Lipinski definition) is 3. The maximum absolute atomic E-state index is 9.30. The molecule has 2 aromatic carbocycles. The van der Waals surface area contributed by atoms with E-state index >= 15 is 0 Å². The highest BCUT2D eigenvalue weighted by molar-refractivity contribution is 9.08. The van der Waals surface area contributed by atoms with Crippen molar-refractivity contribution in [1.82, 2.24) is 0 Å². The van der Waals surface area contributed by atoms with Crippen LogP contribution < -0.4 is 8.85 Å². The fraction of sp³-hybridized carbons (Fsp3) is 0.538. The molecule has 0 unspecified atom stereocenters. The molecule has 2 rings (SSSR count). The predicted octanol–water partition coefficient (Wildman–Crippen LogP) is 9.84. The van der Waals surface area contributed by atoms with Crippen LogP contribution in [0.4, 0.5) is 0 Å². The van der Waals surface area contributed by atoms with Gasteiger partial charge in [0.05, 0.1) is 6.61 Å². The molecule has 0 atom stereocenters. The Hall–Kier alpha value is -0.506. The van der Waals surface area contributed by atoms with Crippen molar-refractivity contribution >= 4 is 55.8 Å². The second kappa shape index (κ2) is 12.2. The van der Waals surface area contributed by atoms with Gasteiger partial charge in [-0.3, -0.25) is 0 Å². The molecule has 34 heavy (non-hydrogen) atoms. The largest absolute Gasteiger partial charge is 0.543 e. The molecule has 0 aliphatic carbocycles. The molecule has 0 aliphatic rings.